The maximum atomic E-state index is 14.0. The number of hydrogen-bond acceptors (Lipinski definition) is 1. The first-order chi connectivity index (χ1) is 7.50. The molecular formula is C11H15BrF3NSi. The van der Waals surface area contributed by atoms with Crippen LogP contribution >= 0.6 is 15.9 Å². The second-order valence-electron chi connectivity index (χ2n) is 5.57. The Kier molecular flexibility index (Phi) is 3.79. The smallest absolute Gasteiger partial charge is 0.207 e. The van der Waals surface area contributed by atoms with E-state index in [1.54, 1.807) is 0 Å². The Morgan fingerprint density at radius 3 is 1.94 bits per heavy atom. The molecule has 0 aromatic carbocycles. The van der Waals surface area contributed by atoms with Gasteiger partial charge in [-0.25, -0.2) is 13.8 Å². The zero-order chi connectivity index (χ0) is 13.6. The fraction of sp³-hybridized carbons (Fsp3) is 0.545. The van der Waals surface area contributed by atoms with Gasteiger partial charge in [0.05, 0.1) is 8.07 Å². The van der Waals surface area contributed by atoms with Gasteiger partial charge in [0.1, 0.15) is 4.60 Å². The second-order valence-corrected chi connectivity index (χ2v) is 11.6. The van der Waals surface area contributed by atoms with Crippen molar-refractivity contribution in [2.75, 3.05) is 0 Å². The van der Waals surface area contributed by atoms with E-state index in [4.69, 9.17) is 0 Å². The molecule has 0 aliphatic heterocycles. The van der Waals surface area contributed by atoms with Gasteiger partial charge in [-0.1, -0.05) is 33.9 Å². The molecule has 17 heavy (non-hydrogen) atoms. The van der Waals surface area contributed by atoms with E-state index in [-0.39, 0.29) is 14.8 Å². The fourth-order valence-electron chi connectivity index (χ4n) is 1.41. The molecule has 1 aromatic rings. The first kappa shape index (κ1) is 14.7. The third-order valence-corrected chi connectivity index (χ3v) is 9.46. The quantitative estimate of drug-likeness (QED) is 0.562. The highest BCUT2D eigenvalue weighted by Crippen LogP contribution is 2.37. The molecule has 0 aliphatic rings. The van der Waals surface area contributed by atoms with Gasteiger partial charge in [0.2, 0.25) is 5.95 Å². The number of rotatable bonds is 1. The lowest BCUT2D eigenvalue weighted by atomic mass is 10.2. The zero-order valence-electron chi connectivity index (χ0n) is 10.5. The van der Waals surface area contributed by atoms with Gasteiger partial charge in [-0.15, -0.1) is 0 Å². The molecule has 0 N–H and O–H groups in total. The molecule has 1 heterocycles. The molecule has 96 valence electrons. The summed E-state index contributed by atoms with van der Waals surface area (Å²) in [5.41, 5.74) is 0. The molecule has 0 radical (unpaired) electrons. The van der Waals surface area contributed by atoms with E-state index < -0.39 is 25.7 Å². The summed E-state index contributed by atoms with van der Waals surface area (Å²) in [6.45, 7) is 9.36. The zero-order valence-corrected chi connectivity index (χ0v) is 13.0. The van der Waals surface area contributed by atoms with E-state index >= 15 is 0 Å². The monoisotopic (exact) mass is 325 g/mol. The Morgan fingerprint density at radius 1 is 1.06 bits per heavy atom. The fourth-order valence-corrected chi connectivity index (χ4v) is 4.02. The first-order valence-corrected chi connectivity index (χ1v) is 9.00. The van der Waals surface area contributed by atoms with Gasteiger partial charge in [0.25, 0.3) is 0 Å². The Hall–Kier alpha value is -0.363. The number of pyridine rings is 1. The van der Waals surface area contributed by atoms with Crippen LogP contribution in [0.2, 0.25) is 18.1 Å². The van der Waals surface area contributed by atoms with E-state index in [1.165, 1.54) is 0 Å². The van der Waals surface area contributed by atoms with Crippen LogP contribution in [0.25, 0.3) is 0 Å². The molecule has 6 heteroatoms. The van der Waals surface area contributed by atoms with Crippen molar-refractivity contribution >= 4 is 29.2 Å². The van der Waals surface area contributed by atoms with Crippen LogP contribution in [-0.4, -0.2) is 13.1 Å². The standard InChI is InChI=1S/C11H15BrF3NSi/c1-11(2,3)17(4,5)8-6(13)9(12)16-10(15)7(8)14/h1-5H3. The minimum atomic E-state index is -2.49. The summed E-state index contributed by atoms with van der Waals surface area (Å²) in [7, 11) is -2.49. The molecule has 0 aliphatic carbocycles. The Morgan fingerprint density at radius 2 is 1.53 bits per heavy atom. The van der Waals surface area contributed by atoms with Crippen LogP contribution in [0.3, 0.4) is 0 Å². The maximum absolute atomic E-state index is 14.0. The van der Waals surface area contributed by atoms with Crippen molar-refractivity contribution in [2.24, 2.45) is 0 Å². The topological polar surface area (TPSA) is 12.9 Å². The molecule has 0 fully saturated rings. The summed E-state index contributed by atoms with van der Waals surface area (Å²) >= 11 is 2.82. The van der Waals surface area contributed by atoms with Crippen molar-refractivity contribution in [3.8, 4) is 0 Å². The third kappa shape index (κ3) is 2.42. The molecule has 0 amide bonds. The normalized spacial score (nSPS) is 13.0. The molecule has 1 aromatic heterocycles. The lowest BCUT2D eigenvalue weighted by Gasteiger charge is -2.37. The van der Waals surface area contributed by atoms with Crippen LogP contribution in [0, 0.1) is 17.6 Å². The molecule has 0 bridgehead atoms. The van der Waals surface area contributed by atoms with Gasteiger partial charge in [-0.05, 0) is 21.0 Å². The summed E-state index contributed by atoms with van der Waals surface area (Å²) in [6.07, 6.45) is 0. The summed E-state index contributed by atoms with van der Waals surface area (Å²) in [5.74, 6) is -3.19. The molecular weight excluding hydrogens is 311 g/mol. The van der Waals surface area contributed by atoms with Crippen molar-refractivity contribution in [3.63, 3.8) is 0 Å². The van der Waals surface area contributed by atoms with Crippen LogP contribution in [0.5, 0.6) is 0 Å². The largest absolute Gasteiger partial charge is 0.250 e. The van der Waals surface area contributed by atoms with Crippen molar-refractivity contribution in [3.05, 3.63) is 22.2 Å². The van der Waals surface area contributed by atoms with E-state index in [0.29, 0.717) is 0 Å². The number of aromatic nitrogens is 1. The summed E-state index contributed by atoms with van der Waals surface area (Å²) in [6, 6.07) is 0. The summed E-state index contributed by atoms with van der Waals surface area (Å²) in [4.78, 5) is 3.15. The Bertz CT molecular complexity index is 429. The van der Waals surface area contributed by atoms with Crippen LogP contribution in [0.1, 0.15) is 20.8 Å². The van der Waals surface area contributed by atoms with Crippen molar-refractivity contribution < 1.29 is 13.2 Å². The van der Waals surface area contributed by atoms with E-state index in [2.05, 4.69) is 20.9 Å². The second kappa shape index (κ2) is 4.39. The maximum Gasteiger partial charge on any atom is 0.250 e. The van der Waals surface area contributed by atoms with Crippen molar-refractivity contribution in [2.45, 2.75) is 38.9 Å². The summed E-state index contributed by atoms with van der Waals surface area (Å²) < 4.78 is 40.8. The van der Waals surface area contributed by atoms with Crippen LogP contribution < -0.4 is 5.19 Å². The number of hydrogen-bond donors (Lipinski definition) is 0. The highest BCUT2D eigenvalue weighted by Gasteiger charge is 2.42. The van der Waals surface area contributed by atoms with E-state index in [9.17, 15) is 13.2 Å². The van der Waals surface area contributed by atoms with Gasteiger partial charge >= 0.3 is 0 Å². The molecule has 1 nitrogen and oxygen atoms in total. The Balaban J connectivity index is 3.62. The van der Waals surface area contributed by atoms with Gasteiger partial charge in [-0.3, -0.25) is 0 Å². The SMILES string of the molecule is CC(C)(C)[Si](C)(C)c1c(F)c(F)nc(Br)c1F. The third-order valence-electron chi connectivity index (χ3n) is 3.50. The predicted octanol–water partition coefficient (Wildman–Crippen LogP) is 3.98. The van der Waals surface area contributed by atoms with Gasteiger partial charge in [0, 0.05) is 5.19 Å². The lowest BCUT2D eigenvalue weighted by molar-refractivity contribution is 0.466. The number of halogens is 4. The highest BCUT2D eigenvalue weighted by molar-refractivity contribution is 9.10. The molecule has 0 unspecified atom stereocenters. The van der Waals surface area contributed by atoms with Crippen molar-refractivity contribution in [1.29, 1.82) is 0 Å². The summed E-state index contributed by atoms with van der Waals surface area (Å²) in [5, 5.41) is -0.425. The van der Waals surface area contributed by atoms with E-state index in [1.807, 2.05) is 33.9 Å². The molecule has 1 rings (SSSR count). The van der Waals surface area contributed by atoms with Gasteiger partial charge in [-0.2, -0.15) is 4.39 Å². The first-order valence-electron chi connectivity index (χ1n) is 5.20. The van der Waals surface area contributed by atoms with Crippen LogP contribution in [0.4, 0.5) is 13.2 Å². The Labute approximate surface area is 109 Å². The molecule has 0 atom stereocenters. The predicted molar refractivity (Wildman–Crippen MR) is 68.6 cm³/mol. The average molecular weight is 326 g/mol. The number of nitrogens with zero attached hydrogens (tertiary/aromatic N) is 1. The molecule has 0 spiro atoms. The average Bonchev–Trinajstić information content (AvgIpc) is 2.13. The molecule has 0 saturated carbocycles. The minimum absolute atomic E-state index is 0.135. The van der Waals surface area contributed by atoms with Crippen LogP contribution in [-0.2, 0) is 0 Å². The minimum Gasteiger partial charge on any atom is -0.207 e. The molecule has 0 saturated heterocycles. The van der Waals surface area contributed by atoms with E-state index in [0.717, 1.165) is 0 Å². The lowest BCUT2D eigenvalue weighted by Crippen LogP contribution is -2.53. The van der Waals surface area contributed by atoms with Gasteiger partial charge in [0.15, 0.2) is 11.6 Å². The van der Waals surface area contributed by atoms with Crippen LogP contribution in [0.15, 0.2) is 4.60 Å². The van der Waals surface area contributed by atoms with Crippen molar-refractivity contribution in [1.82, 2.24) is 4.98 Å². The highest BCUT2D eigenvalue weighted by atomic mass is 79.9. The van der Waals surface area contributed by atoms with Gasteiger partial charge < -0.3 is 0 Å².